The summed E-state index contributed by atoms with van der Waals surface area (Å²) in [6, 6.07) is 6.50. The number of hydrogen-bond acceptors (Lipinski definition) is 7. The van der Waals surface area contributed by atoms with Crippen LogP contribution in [-0.2, 0) is 27.8 Å². The van der Waals surface area contributed by atoms with Gasteiger partial charge in [-0.05, 0) is 23.8 Å². The SMILES string of the molecule is O=S(=O)(Nc1cscn1)c1c(F)cc(NCc2c(F)cccc2CN2CC3(CCO3)C2)cc1F. The third-order valence-electron chi connectivity index (χ3n) is 6.01. The van der Waals surface area contributed by atoms with Gasteiger partial charge in [0.1, 0.15) is 17.5 Å². The Labute approximate surface area is 198 Å². The molecule has 0 bridgehead atoms. The number of halogens is 3. The zero-order valence-corrected chi connectivity index (χ0v) is 19.5. The van der Waals surface area contributed by atoms with E-state index in [9.17, 15) is 21.6 Å². The minimum absolute atomic E-state index is 0.0115. The molecule has 2 aliphatic rings. The van der Waals surface area contributed by atoms with Crippen LogP contribution >= 0.6 is 11.3 Å². The van der Waals surface area contributed by atoms with Crippen LogP contribution in [-0.4, -0.2) is 43.6 Å². The average Bonchev–Trinajstić information content (AvgIpc) is 3.19. The van der Waals surface area contributed by atoms with Crippen molar-refractivity contribution in [2.75, 3.05) is 29.7 Å². The predicted octanol–water partition coefficient (Wildman–Crippen LogP) is 3.95. The topological polar surface area (TPSA) is 83.6 Å². The molecule has 0 amide bonds. The van der Waals surface area contributed by atoms with E-state index in [1.54, 1.807) is 6.07 Å². The molecule has 180 valence electrons. The number of ether oxygens (including phenoxy) is 1. The van der Waals surface area contributed by atoms with Gasteiger partial charge >= 0.3 is 0 Å². The van der Waals surface area contributed by atoms with Crippen LogP contribution in [0.2, 0.25) is 0 Å². The molecule has 7 nitrogen and oxygen atoms in total. The minimum atomic E-state index is -4.52. The van der Waals surface area contributed by atoms with Crippen LogP contribution in [0.15, 0.2) is 46.1 Å². The van der Waals surface area contributed by atoms with Crippen LogP contribution in [0.5, 0.6) is 0 Å². The van der Waals surface area contributed by atoms with E-state index in [-0.39, 0.29) is 23.7 Å². The van der Waals surface area contributed by atoms with Crippen LogP contribution in [0.1, 0.15) is 17.5 Å². The number of sulfonamides is 1. The van der Waals surface area contributed by atoms with Crippen LogP contribution < -0.4 is 10.0 Å². The van der Waals surface area contributed by atoms with Gasteiger partial charge in [-0.1, -0.05) is 12.1 Å². The fraction of sp³-hybridized carbons (Fsp3) is 0.318. The minimum Gasteiger partial charge on any atom is -0.381 e. The molecule has 1 aromatic heterocycles. The first-order chi connectivity index (χ1) is 16.2. The Balaban J connectivity index is 1.30. The summed E-state index contributed by atoms with van der Waals surface area (Å²) in [6.07, 6.45) is 1.03. The molecule has 0 saturated carbocycles. The number of rotatable bonds is 8. The van der Waals surface area contributed by atoms with Crippen molar-refractivity contribution in [3.05, 3.63) is 69.8 Å². The third kappa shape index (κ3) is 4.50. The molecule has 0 radical (unpaired) electrons. The first kappa shape index (κ1) is 23.1. The number of thiazole rings is 1. The summed E-state index contributed by atoms with van der Waals surface area (Å²) >= 11 is 1.13. The summed E-state index contributed by atoms with van der Waals surface area (Å²) < 4.78 is 76.4. The molecule has 5 rings (SSSR count). The number of aromatic nitrogens is 1. The second-order valence-corrected chi connectivity index (χ2v) is 10.7. The van der Waals surface area contributed by atoms with Gasteiger partial charge in [-0.3, -0.25) is 9.62 Å². The molecule has 2 aliphatic heterocycles. The summed E-state index contributed by atoms with van der Waals surface area (Å²) in [5.74, 6) is -3.02. The zero-order valence-electron chi connectivity index (χ0n) is 17.9. The van der Waals surface area contributed by atoms with Gasteiger partial charge < -0.3 is 10.1 Å². The lowest BCUT2D eigenvalue weighted by Gasteiger charge is -2.55. The van der Waals surface area contributed by atoms with Crippen LogP contribution in [0.3, 0.4) is 0 Å². The van der Waals surface area contributed by atoms with E-state index in [1.807, 2.05) is 10.8 Å². The summed E-state index contributed by atoms with van der Waals surface area (Å²) in [7, 11) is -4.52. The smallest absolute Gasteiger partial charge is 0.268 e. The number of nitrogens with one attached hydrogen (secondary N) is 2. The Morgan fingerprint density at radius 2 is 1.88 bits per heavy atom. The Hall–Kier alpha value is -2.67. The Bertz CT molecular complexity index is 1280. The molecule has 12 heteroatoms. The average molecular weight is 511 g/mol. The number of nitrogens with zero attached hydrogens (tertiary/aromatic N) is 2. The summed E-state index contributed by atoms with van der Waals surface area (Å²) in [6.45, 7) is 2.86. The first-order valence-corrected chi connectivity index (χ1v) is 12.9. The predicted molar refractivity (Wildman–Crippen MR) is 122 cm³/mol. The van der Waals surface area contributed by atoms with Crippen molar-refractivity contribution in [3.63, 3.8) is 0 Å². The fourth-order valence-electron chi connectivity index (χ4n) is 4.27. The van der Waals surface area contributed by atoms with Gasteiger partial charge in [-0.15, -0.1) is 11.3 Å². The molecule has 2 saturated heterocycles. The van der Waals surface area contributed by atoms with E-state index >= 15 is 0 Å². The van der Waals surface area contributed by atoms with Crippen molar-refractivity contribution in [2.45, 2.75) is 30.0 Å². The Kier molecular flexibility index (Phi) is 6.00. The number of likely N-dealkylation sites (tertiary alicyclic amines) is 1. The van der Waals surface area contributed by atoms with E-state index in [0.29, 0.717) is 12.1 Å². The molecule has 34 heavy (non-hydrogen) atoms. The summed E-state index contributed by atoms with van der Waals surface area (Å²) in [4.78, 5) is 4.80. The second-order valence-electron chi connectivity index (χ2n) is 8.41. The van der Waals surface area contributed by atoms with Gasteiger partial charge in [-0.2, -0.15) is 0 Å². The molecule has 0 atom stereocenters. The van der Waals surface area contributed by atoms with Crippen molar-refractivity contribution < 1.29 is 26.3 Å². The van der Waals surface area contributed by atoms with Crippen molar-refractivity contribution in [3.8, 4) is 0 Å². The van der Waals surface area contributed by atoms with Gasteiger partial charge in [0, 0.05) is 49.2 Å². The molecule has 1 spiro atoms. The zero-order chi connectivity index (χ0) is 23.9. The maximum absolute atomic E-state index is 14.6. The van der Waals surface area contributed by atoms with Crippen molar-refractivity contribution in [1.82, 2.24) is 9.88 Å². The van der Waals surface area contributed by atoms with E-state index < -0.39 is 32.4 Å². The van der Waals surface area contributed by atoms with Gasteiger partial charge in [0.25, 0.3) is 10.0 Å². The van der Waals surface area contributed by atoms with Gasteiger partial charge in [-0.25, -0.2) is 26.6 Å². The molecule has 2 N–H and O–H groups in total. The standard InChI is InChI=1S/C22H21F3N4O3S2/c23-17-3-1-2-14(9-29-11-22(12-29)4-5-32-22)16(17)8-26-15-6-18(24)21(19(25)7-15)34(30,31)28-20-10-33-13-27-20/h1-3,6-7,10,13,26,28H,4-5,8-9,11-12H2. The van der Waals surface area contributed by atoms with E-state index in [2.05, 4.69) is 15.2 Å². The largest absolute Gasteiger partial charge is 0.381 e. The highest BCUT2D eigenvalue weighted by Crippen LogP contribution is 2.37. The first-order valence-electron chi connectivity index (χ1n) is 10.5. The van der Waals surface area contributed by atoms with Crippen molar-refractivity contribution >= 4 is 32.9 Å². The quantitative estimate of drug-likeness (QED) is 0.478. The summed E-state index contributed by atoms with van der Waals surface area (Å²) in [5, 5.41) is 4.20. The highest BCUT2D eigenvalue weighted by molar-refractivity contribution is 7.92. The van der Waals surface area contributed by atoms with Gasteiger partial charge in [0.2, 0.25) is 0 Å². The fourth-order valence-corrected chi connectivity index (χ4v) is 5.95. The maximum atomic E-state index is 14.6. The monoisotopic (exact) mass is 510 g/mol. The van der Waals surface area contributed by atoms with Gasteiger partial charge in [0.15, 0.2) is 10.7 Å². The second kappa shape index (κ2) is 8.84. The molecule has 3 aromatic rings. The Morgan fingerprint density at radius 1 is 1.15 bits per heavy atom. The number of anilines is 2. The molecule has 2 aromatic carbocycles. The summed E-state index contributed by atoms with van der Waals surface area (Å²) in [5.41, 5.74) is 2.46. The van der Waals surface area contributed by atoms with E-state index in [1.165, 1.54) is 17.0 Å². The van der Waals surface area contributed by atoms with Gasteiger partial charge in [0.05, 0.1) is 17.7 Å². The lowest BCUT2D eigenvalue weighted by Crippen LogP contribution is -2.67. The van der Waals surface area contributed by atoms with Crippen LogP contribution in [0.4, 0.5) is 24.7 Å². The maximum Gasteiger partial charge on any atom is 0.268 e. The Morgan fingerprint density at radius 3 is 2.50 bits per heavy atom. The number of hydrogen-bond donors (Lipinski definition) is 2. The third-order valence-corrected chi connectivity index (χ3v) is 8.00. The molecular formula is C22H21F3N4O3S2. The lowest BCUT2D eigenvalue weighted by molar-refractivity contribution is -0.223. The molecule has 0 aliphatic carbocycles. The molecule has 3 heterocycles. The van der Waals surface area contributed by atoms with Crippen LogP contribution in [0, 0.1) is 17.5 Å². The molecular weight excluding hydrogens is 489 g/mol. The highest BCUT2D eigenvalue weighted by Gasteiger charge is 2.48. The molecule has 2 fully saturated rings. The van der Waals surface area contributed by atoms with E-state index in [4.69, 9.17) is 4.74 Å². The van der Waals surface area contributed by atoms with Crippen molar-refractivity contribution in [1.29, 1.82) is 0 Å². The normalized spacial score (nSPS) is 17.3. The van der Waals surface area contributed by atoms with Crippen LogP contribution in [0.25, 0.3) is 0 Å². The molecule has 0 unspecified atom stereocenters. The highest BCUT2D eigenvalue weighted by atomic mass is 32.2. The number of benzene rings is 2. The lowest BCUT2D eigenvalue weighted by atomic mass is 9.86. The van der Waals surface area contributed by atoms with E-state index in [0.717, 1.165) is 55.2 Å². The van der Waals surface area contributed by atoms with Crippen molar-refractivity contribution in [2.24, 2.45) is 0 Å².